The van der Waals surface area contributed by atoms with Gasteiger partial charge in [-0.25, -0.2) is 4.39 Å². The Morgan fingerprint density at radius 3 is 2.79 bits per heavy atom. The van der Waals surface area contributed by atoms with Gasteiger partial charge in [-0.3, -0.25) is 0 Å². The van der Waals surface area contributed by atoms with E-state index in [1.54, 1.807) is 19.1 Å². The topological polar surface area (TPSA) is 0 Å². The van der Waals surface area contributed by atoms with Gasteiger partial charge in [0, 0.05) is 17.0 Å². The van der Waals surface area contributed by atoms with Crippen LogP contribution in [0.5, 0.6) is 0 Å². The second kappa shape index (κ2) is 5.02. The van der Waals surface area contributed by atoms with E-state index in [9.17, 15) is 4.39 Å². The average Bonchev–Trinajstić information content (AvgIpc) is 2.14. The maximum absolute atomic E-state index is 13.4. The average molecular weight is 211 g/mol. The lowest BCUT2D eigenvalue weighted by Crippen LogP contribution is -1.97. The van der Waals surface area contributed by atoms with E-state index in [1.807, 2.05) is 6.92 Å². The lowest BCUT2D eigenvalue weighted by atomic mass is 9.97. The minimum atomic E-state index is -0.247. The molecule has 0 nitrogen and oxygen atoms in total. The van der Waals surface area contributed by atoms with Crippen molar-refractivity contribution in [1.29, 1.82) is 0 Å². The normalized spacial score (nSPS) is 11.7. The molecular weight excluding hydrogens is 199 g/mol. The number of benzene rings is 1. The van der Waals surface area contributed by atoms with Crippen molar-refractivity contribution in [3.05, 3.63) is 34.6 Å². The third-order valence-electron chi connectivity index (χ3n) is 2.08. The van der Waals surface area contributed by atoms with Crippen molar-refractivity contribution in [2.45, 2.75) is 26.2 Å². The Labute approximate surface area is 89.1 Å². The molecule has 1 aromatic rings. The lowest BCUT2D eigenvalue weighted by Gasteiger charge is -2.11. The molecule has 1 rings (SSSR count). The monoisotopic (exact) mass is 210 g/mol. The van der Waals surface area contributed by atoms with Crippen LogP contribution in [0.2, 0.25) is 5.02 Å². The van der Waals surface area contributed by atoms with Gasteiger partial charge in [0.25, 0.3) is 0 Å². The Balaban J connectivity index is 2.97. The molecule has 14 heavy (non-hydrogen) atoms. The van der Waals surface area contributed by atoms with Gasteiger partial charge in [0.05, 0.1) is 0 Å². The fourth-order valence-corrected chi connectivity index (χ4v) is 1.69. The molecule has 0 radical (unpaired) electrons. The van der Waals surface area contributed by atoms with Crippen molar-refractivity contribution in [2.24, 2.45) is 0 Å². The van der Waals surface area contributed by atoms with Crippen LogP contribution >= 0.6 is 11.6 Å². The van der Waals surface area contributed by atoms with Crippen molar-refractivity contribution < 1.29 is 4.39 Å². The first-order chi connectivity index (χ1) is 6.66. The largest absolute Gasteiger partial charge is 0.207 e. The standard InChI is InChI=1S/C12H12ClF/c1-3-4-6-9(2)12-10(13)7-5-8-11(12)14/h5,7-9H,6H2,1-2H3. The molecule has 74 valence electrons. The fraction of sp³-hybridized carbons (Fsp3) is 0.333. The number of hydrogen-bond donors (Lipinski definition) is 0. The van der Waals surface area contributed by atoms with Crippen LogP contribution < -0.4 is 0 Å². The van der Waals surface area contributed by atoms with Crippen molar-refractivity contribution in [1.82, 2.24) is 0 Å². The molecular formula is C12H12ClF. The summed E-state index contributed by atoms with van der Waals surface area (Å²) in [6.07, 6.45) is 0.636. The summed E-state index contributed by atoms with van der Waals surface area (Å²) in [5.74, 6) is 5.51. The summed E-state index contributed by atoms with van der Waals surface area (Å²) in [5, 5.41) is 0.482. The molecule has 0 aliphatic rings. The van der Waals surface area contributed by atoms with E-state index in [1.165, 1.54) is 6.07 Å². The molecule has 1 unspecified atom stereocenters. The van der Waals surface area contributed by atoms with E-state index >= 15 is 0 Å². The van der Waals surface area contributed by atoms with Gasteiger partial charge in [-0.05, 0) is 25.0 Å². The van der Waals surface area contributed by atoms with Crippen LogP contribution in [0.4, 0.5) is 4.39 Å². The van der Waals surface area contributed by atoms with Crippen molar-refractivity contribution in [2.75, 3.05) is 0 Å². The first-order valence-electron chi connectivity index (χ1n) is 4.50. The van der Waals surface area contributed by atoms with Crippen LogP contribution in [0.3, 0.4) is 0 Å². The molecule has 1 aromatic carbocycles. The molecule has 0 saturated carbocycles. The molecule has 2 heteroatoms. The van der Waals surface area contributed by atoms with Crippen molar-refractivity contribution >= 4 is 11.6 Å². The highest BCUT2D eigenvalue weighted by Gasteiger charge is 2.13. The smallest absolute Gasteiger partial charge is 0.128 e. The van der Waals surface area contributed by atoms with Crippen molar-refractivity contribution in [3.63, 3.8) is 0 Å². The van der Waals surface area contributed by atoms with E-state index in [2.05, 4.69) is 11.8 Å². The van der Waals surface area contributed by atoms with Crippen LogP contribution in [-0.4, -0.2) is 0 Å². The Bertz CT molecular complexity index is 353. The summed E-state index contributed by atoms with van der Waals surface area (Å²) in [7, 11) is 0. The number of rotatable bonds is 2. The number of hydrogen-bond acceptors (Lipinski definition) is 0. The minimum absolute atomic E-state index is 0.0381. The summed E-state index contributed by atoms with van der Waals surface area (Å²) in [6, 6.07) is 4.74. The summed E-state index contributed by atoms with van der Waals surface area (Å²) >= 11 is 5.92. The molecule has 0 bridgehead atoms. The Morgan fingerprint density at radius 1 is 1.50 bits per heavy atom. The molecule has 0 heterocycles. The summed E-state index contributed by atoms with van der Waals surface area (Å²) in [6.45, 7) is 3.70. The quantitative estimate of drug-likeness (QED) is 0.648. The predicted octanol–water partition coefficient (Wildman–Crippen LogP) is 4.00. The van der Waals surface area contributed by atoms with Crippen LogP contribution in [0.1, 0.15) is 31.7 Å². The van der Waals surface area contributed by atoms with Crippen LogP contribution in [-0.2, 0) is 0 Å². The first kappa shape index (κ1) is 11.1. The Kier molecular flexibility index (Phi) is 3.98. The molecule has 0 aliphatic carbocycles. The van der Waals surface area contributed by atoms with Crippen LogP contribution in [0.25, 0.3) is 0 Å². The van der Waals surface area contributed by atoms with Gasteiger partial charge in [0.2, 0.25) is 0 Å². The van der Waals surface area contributed by atoms with E-state index in [4.69, 9.17) is 11.6 Å². The Hall–Kier alpha value is -1.00. The molecule has 0 fully saturated rings. The molecule has 0 aliphatic heterocycles. The van der Waals surface area contributed by atoms with Crippen LogP contribution in [0, 0.1) is 17.7 Å². The summed E-state index contributed by atoms with van der Waals surface area (Å²) in [5.41, 5.74) is 0.567. The SMILES string of the molecule is CC#CCC(C)c1c(F)cccc1Cl. The van der Waals surface area contributed by atoms with E-state index in [0.717, 1.165) is 0 Å². The van der Waals surface area contributed by atoms with E-state index in [0.29, 0.717) is 17.0 Å². The van der Waals surface area contributed by atoms with Gasteiger partial charge in [-0.2, -0.15) is 0 Å². The third kappa shape index (κ3) is 2.49. The zero-order chi connectivity index (χ0) is 10.6. The molecule has 0 N–H and O–H groups in total. The van der Waals surface area contributed by atoms with Gasteiger partial charge in [0.15, 0.2) is 0 Å². The fourth-order valence-electron chi connectivity index (χ4n) is 1.34. The first-order valence-corrected chi connectivity index (χ1v) is 4.88. The second-order valence-corrected chi connectivity index (χ2v) is 3.57. The summed E-state index contributed by atoms with van der Waals surface area (Å²) < 4.78 is 13.4. The van der Waals surface area contributed by atoms with Gasteiger partial charge >= 0.3 is 0 Å². The Morgan fingerprint density at radius 2 is 2.21 bits per heavy atom. The molecule has 0 saturated heterocycles. The molecule has 0 aromatic heterocycles. The van der Waals surface area contributed by atoms with Gasteiger partial charge in [0.1, 0.15) is 5.82 Å². The second-order valence-electron chi connectivity index (χ2n) is 3.17. The minimum Gasteiger partial charge on any atom is -0.207 e. The van der Waals surface area contributed by atoms with E-state index in [-0.39, 0.29) is 11.7 Å². The highest BCUT2D eigenvalue weighted by atomic mass is 35.5. The molecule has 0 amide bonds. The maximum Gasteiger partial charge on any atom is 0.128 e. The van der Waals surface area contributed by atoms with E-state index < -0.39 is 0 Å². The predicted molar refractivity (Wildman–Crippen MR) is 57.9 cm³/mol. The highest BCUT2D eigenvalue weighted by Crippen LogP contribution is 2.28. The zero-order valence-electron chi connectivity index (χ0n) is 8.27. The zero-order valence-corrected chi connectivity index (χ0v) is 9.03. The van der Waals surface area contributed by atoms with Gasteiger partial charge in [-0.15, -0.1) is 11.8 Å². The summed E-state index contributed by atoms with van der Waals surface area (Å²) in [4.78, 5) is 0. The third-order valence-corrected chi connectivity index (χ3v) is 2.41. The maximum atomic E-state index is 13.4. The lowest BCUT2D eigenvalue weighted by molar-refractivity contribution is 0.592. The van der Waals surface area contributed by atoms with Gasteiger partial charge in [-0.1, -0.05) is 24.6 Å². The van der Waals surface area contributed by atoms with Crippen LogP contribution in [0.15, 0.2) is 18.2 Å². The van der Waals surface area contributed by atoms with Gasteiger partial charge < -0.3 is 0 Å². The number of halogens is 2. The highest BCUT2D eigenvalue weighted by molar-refractivity contribution is 6.31. The van der Waals surface area contributed by atoms with Crippen molar-refractivity contribution in [3.8, 4) is 11.8 Å². The molecule has 1 atom stereocenters. The molecule has 0 spiro atoms.